The van der Waals surface area contributed by atoms with Crippen LogP contribution >= 0.6 is 0 Å². The topological polar surface area (TPSA) is 82.8 Å². The molecular formula is C25H29N5O3. The minimum Gasteiger partial charge on any atom is -0.339 e. The number of piperazine rings is 1. The molecule has 0 unspecified atom stereocenters. The molecule has 0 N–H and O–H groups in total. The van der Waals surface area contributed by atoms with E-state index < -0.39 is 0 Å². The van der Waals surface area contributed by atoms with Gasteiger partial charge in [-0.25, -0.2) is 0 Å². The maximum Gasteiger partial charge on any atom is 0.253 e. The predicted octanol–water partition coefficient (Wildman–Crippen LogP) is 3.01. The van der Waals surface area contributed by atoms with Crippen LogP contribution in [0.1, 0.15) is 35.4 Å². The van der Waals surface area contributed by atoms with E-state index in [1.165, 1.54) is 0 Å². The van der Waals surface area contributed by atoms with Gasteiger partial charge >= 0.3 is 0 Å². The Balaban J connectivity index is 1.24. The molecule has 2 amide bonds. The van der Waals surface area contributed by atoms with Crippen LogP contribution in [-0.4, -0.2) is 64.5 Å². The lowest BCUT2D eigenvalue weighted by Crippen LogP contribution is -2.48. The first-order valence-electron chi connectivity index (χ1n) is 11.4. The van der Waals surface area contributed by atoms with Gasteiger partial charge in [0.05, 0.1) is 6.54 Å². The highest BCUT2D eigenvalue weighted by atomic mass is 16.5. The Morgan fingerprint density at radius 2 is 1.64 bits per heavy atom. The van der Waals surface area contributed by atoms with Crippen molar-refractivity contribution in [1.82, 2.24) is 19.9 Å². The lowest BCUT2D eigenvalue weighted by molar-refractivity contribution is -0.118. The number of carbonyl (C=O) groups excluding carboxylic acids is 2. The highest BCUT2D eigenvalue weighted by Gasteiger charge is 2.23. The molecule has 0 saturated carbocycles. The van der Waals surface area contributed by atoms with Crippen LogP contribution in [-0.2, 0) is 17.8 Å². The average Bonchev–Trinajstić information content (AvgIpc) is 3.31. The molecule has 1 aliphatic rings. The van der Waals surface area contributed by atoms with Gasteiger partial charge in [0.1, 0.15) is 0 Å². The van der Waals surface area contributed by atoms with Crippen molar-refractivity contribution in [3.63, 3.8) is 0 Å². The van der Waals surface area contributed by atoms with Crippen molar-refractivity contribution in [2.45, 2.75) is 26.3 Å². The minimum absolute atomic E-state index is 0.0302. The zero-order chi connectivity index (χ0) is 23.0. The Hall–Kier alpha value is -3.52. The summed E-state index contributed by atoms with van der Waals surface area (Å²) in [5.74, 6) is 1.18. The van der Waals surface area contributed by atoms with Gasteiger partial charge in [0.2, 0.25) is 11.8 Å². The predicted molar refractivity (Wildman–Crippen MR) is 125 cm³/mol. The molecule has 3 aromatic rings. The lowest BCUT2D eigenvalue weighted by atomic mass is 10.2. The second kappa shape index (κ2) is 10.9. The van der Waals surface area contributed by atoms with Crippen LogP contribution < -0.4 is 4.90 Å². The summed E-state index contributed by atoms with van der Waals surface area (Å²) in [5, 5.41) is 4.08. The molecule has 2 heterocycles. The number of benzene rings is 2. The Bertz CT molecular complexity index is 1050. The monoisotopic (exact) mass is 447 g/mol. The summed E-state index contributed by atoms with van der Waals surface area (Å²) in [6.07, 6.45) is 0.721. The van der Waals surface area contributed by atoms with E-state index in [0.29, 0.717) is 50.7 Å². The first-order chi connectivity index (χ1) is 16.1. The molecule has 8 heteroatoms. The maximum atomic E-state index is 12.7. The highest BCUT2D eigenvalue weighted by Crippen LogP contribution is 2.15. The summed E-state index contributed by atoms with van der Waals surface area (Å²) < 4.78 is 5.37. The van der Waals surface area contributed by atoms with E-state index in [2.05, 4.69) is 15.0 Å². The molecule has 0 atom stereocenters. The van der Waals surface area contributed by atoms with Gasteiger partial charge in [-0.15, -0.1) is 0 Å². The minimum atomic E-state index is 0.0302. The lowest BCUT2D eigenvalue weighted by Gasteiger charge is -2.34. The highest BCUT2D eigenvalue weighted by molar-refractivity contribution is 5.94. The first kappa shape index (κ1) is 22.7. The number of nitrogens with zero attached hydrogens (tertiary/aromatic N) is 5. The Kier molecular flexibility index (Phi) is 7.47. The molecular weight excluding hydrogens is 418 g/mol. The summed E-state index contributed by atoms with van der Waals surface area (Å²) in [6.45, 7) is 5.97. The van der Waals surface area contributed by atoms with Gasteiger partial charge in [0.15, 0.2) is 5.82 Å². The fourth-order valence-corrected chi connectivity index (χ4v) is 3.99. The van der Waals surface area contributed by atoms with Crippen LogP contribution in [0.15, 0.2) is 65.2 Å². The molecule has 172 valence electrons. The van der Waals surface area contributed by atoms with Crippen molar-refractivity contribution < 1.29 is 14.1 Å². The summed E-state index contributed by atoms with van der Waals surface area (Å²) in [5.41, 5.74) is 1.61. The number of anilines is 1. The fourth-order valence-electron chi connectivity index (χ4n) is 3.99. The second-order valence-electron chi connectivity index (χ2n) is 8.01. The molecule has 8 nitrogen and oxygen atoms in total. The molecule has 0 radical (unpaired) electrons. The van der Waals surface area contributed by atoms with E-state index >= 15 is 0 Å². The molecule has 1 fully saturated rings. The number of rotatable bonds is 8. The molecule has 33 heavy (non-hydrogen) atoms. The summed E-state index contributed by atoms with van der Waals surface area (Å²) >= 11 is 0. The molecule has 1 aromatic heterocycles. The zero-order valence-corrected chi connectivity index (χ0v) is 18.9. The number of para-hydroxylation sites is 1. The van der Waals surface area contributed by atoms with Crippen LogP contribution in [0.3, 0.4) is 0 Å². The number of hydrogen-bond acceptors (Lipinski definition) is 6. The van der Waals surface area contributed by atoms with Gasteiger partial charge in [-0.2, -0.15) is 4.98 Å². The standard InChI is InChI=1S/C25H29N5O3/c1-2-30(21-11-7-4-8-12-21)24(31)14-13-23-26-22(27-33-23)19-28-15-17-29(18-16-28)25(32)20-9-5-3-6-10-20/h3-12H,2,13-19H2,1H3. The normalized spacial score (nSPS) is 14.3. The van der Waals surface area contributed by atoms with Crippen LogP contribution in [0.2, 0.25) is 0 Å². The number of aromatic nitrogens is 2. The third-order valence-corrected chi connectivity index (χ3v) is 5.79. The van der Waals surface area contributed by atoms with Gasteiger partial charge in [0, 0.05) is 56.8 Å². The number of aryl methyl sites for hydroxylation is 1. The van der Waals surface area contributed by atoms with Crippen molar-refractivity contribution in [3.05, 3.63) is 77.9 Å². The van der Waals surface area contributed by atoms with Crippen LogP contribution in [0, 0.1) is 0 Å². The van der Waals surface area contributed by atoms with Crippen molar-refractivity contribution in [1.29, 1.82) is 0 Å². The molecule has 4 rings (SSSR count). The van der Waals surface area contributed by atoms with E-state index in [4.69, 9.17) is 4.52 Å². The molecule has 0 spiro atoms. The fraction of sp³-hybridized carbons (Fsp3) is 0.360. The number of amides is 2. The first-order valence-corrected chi connectivity index (χ1v) is 11.4. The molecule has 1 saturated heterocycles. The average molecular weight is 448 g/mol. The SMILES string of the molecule is CCN(C(=O)CCc1nc(CN2CCN(C(=O)c3ccccc3)CC2)no1)c1ccccc1. The van der Waals surface area contributed by atoms with Crippen LogP contribution in [0.4, 0.5) is 5.69 Å². The molecule has 0 bridgehead atoms. The van der Waals surface area contributed by atoms with Crippen LogP contribution in [0.5, 0.6) is 0 Å². The summed E-state index contributed by atoms with van der Waals surface area (Å²) in [6, 6.07) is 19.0. The van der Waals surface area contributed by atoms with E-state index in [0.717, 1.165) is 24.3 Å². The van der Waals surface area contributed by atoms with Gasteiger partial charge in [-0.3, -0.25) is 14.5 Å². The summed E-state index contributed by atoms with van der Waals surface area (Å²) in [4.78, 5) is 35.6. The molecule has 2 aromatic carbocycles. The van der Waals surface area contributed by atoms with Crippen LogP contribution in [0.25, 0.3) is 0 Å². The van der Waals surface area contributed by atoms with Gasteiger partial charge in [-0.1, -0.05) is 41.6 Å². The smallest absolute Gasteiger partial charge is 0.253 e. The van der Waals surface area contributed by atoms with Crippen molar-refractivity contribution >= 4 is 17.5 Å². The van der Waals surface area contributed by atoms with E-state index in [1.807, 2.05) is 72.5 Å². The second-order valence-corrected chi connectivity index (χ2v) is 8.01. The Labute approximate surface area is 193 Å². The molecule has 1 aliphatic heterocycles. The summed E-state index contributed by atoms with van der Waals surface area (Å²) in [7, 11) is 0. The van der Waals surface area contributed by atoms with Gasteiger partial charge in [-0.05, 0) is 31.2 Å². The van der Waals surface area contributed by atoms with Gasteiger partial charge in [0.25, 0.3) is 5.91 Å². The van der Waals surface area contributed by atoms with Crippen molar-refractivity contribution in [3.8, 4) is 0 Å². The Morgan fingerprint density at radius 3 is 2.30 bits per heavy atom. The van der Waals surface area contributed by atoms with Crippen molar-refractivity contribution in [2.75, 3.05) is 37.6 Å². The van der Waals surface area contributed by atoms with E-state index in [1.54, 1.807) is 4.90 Å². The molecule has 0 aliphatic carbocycles. The largest absolute Gasteiger partial charge is 0.339 e. The number of hydrogen-bond donors (Lipinski definition) is 0. The third kappa shape index (κ3) is 5.84. The number of carbonyl (C=O) groups is 2. The Morgan fingerprint density at radius 1 is 0.970 bits per heavy atom. The zero-order valence-electron chi connectivity index (χ0n) is 18.9. The third-order valence-electron chi connectivity index (χ3n) is 5.79. The van der Waals surface area contributed by atoms with Crippen molar-refractivity contribution in [2.24, 2.45) is 0 Å². The quantitative estimate of drug-likeness (QED) is 0.528. The maximum absolute atomic E-state index is 12.7. The van der Waals surface area contributed by atoms with E-state index in [-0.39, 0.29) is 11.8 Å². The van der Waals surface area contributed by atoms with E-state index in [9.17, 15) is 9.59 Å². The van der Waals surface area contributed by atoms with Gasteiger partial charge < -0.3 is 14.3 Å².